The molecule has 214 valence electrons. The van der Waals surface area contributed by atoms with Crippen LogP contribution in [0.2, 0.25) is 0 Å². The Balaban J connectivity index is 2.02. The van der Waals surface area contributed by atoms with Gasteiger partial charge >= 0.3 is 0 Å². The fraction of sp³-hybridized carbons (Fsp3) is 0.655. The van der Waals surface area contributed by atoms with Gasteiger partial charge in [0.25, 0.3) is 5.24 Å². The molecule has 39 heavy (non-hydrogen) atoms. The van der Waals surface area contributed by atoms with Gasteiger partial charge in [-0.25, -0.2) is 0 Å². The first-order valence-electron chi connectivity index (χ1n) is 13.2. The lowest BCUT2D eigenvalue weighted by atomic mass is 9.39. The minimum Gasteiger partial charge on any atom is -0.507 e. The molecule has 0 radical (unpaired) electrons. The predicted molar refractivity (Wildman–Crippen MR) is 142 cm³/mol. The molecular formula is C29H38ClNO8. The number of carbonyl (C=O) groups excluding carboxylic acids is 4. The van der Waals surface area contributed by atoms with E-state index >= 15 is 0 Å². The highest BCUT2D eigenvalue weighted by atomic mass is 35.5. The third kappa shape index (κ3) is 3.76. The van der Waals surface area contributed by atoms with Crippen molar-refractivity contribution in [2.45, 2.75) is 84.5 Å². The SMILES string of the molecule is CC(C)[C@H]1C(O)[C@@H](C(N)=O)C(=O)[C@]2(O)C(O)[C@H]3C(=O)c4c(O)c(C(C)(C)C)cc(C(=O)Cl)c4C[C@]3(C)C[C@]12C. The van der Waals surface area contributed by atoms with Crippen LogP contribution in [0.25, 0.3) is 0 Å². The van der Waals surface area contributed by atoms with E-state index in [1.165, 1.54) is 6.07 Å². The lowest BCUT2D eigenvalue weighted by Gasteiger charge is -2.66. The van der Waals surface area contributed by atoms with E-state index in [0.29, 0.717) is 5.56 Å². The lowest BCUT2D eigenvalue weighted by Crippen LogP contribution is -2.79. The van der Waals surface area contributed by atoms with E-state index in [1.54, 1.807) is 48.5 Å². The zero-order chi connectivity index (χ0) is 29.8. The molecule has 0 aromatic heterocycles. The molecule has 0 bridgehead atoms. The highest BCUT2D eigenvalue weighted by Gasteiger charge is 2.76. The summed E-state index contributed by atoms with van der Waals surface area (Å²) in [5.74, 6) is -7.70. The molecule has 6 N–H and O–H groups in total. The van der Waals surface area contributed by atoms with Crippen LogP contribution in [0, 0.1) is 34.5 Å². The van der Waals surface area contributed by atoms with Gasteiger partial charge in [0.05, 0.1) is 17.6 Å². The minimum absolute atomic E-state index is 0.0156. The summed E-state index contributed by atoms with van der Waals surface area (Å²) in [5, 5.41) is 45.7. The molecule has 4 rings (SSSR count). The Morgan fingerprint density at radius 2 is 1.72 bits per heavy atom. The summed E-state index contributed by atoms with van der Waals surface area (Å²) in [6.45, 7) is 12.2. The van der Waals surface area contributed by atoms with Gasteiger partial charge < -0.3 is 26.2 Å². The Morgan fingerprint density at radius 1 is 1.15 bits per heavy atom. The number of amides is 1. The number of phenols is 1. The molecular weight excluding hydrogens is 526 g/mol. The molecule has 0 saturated heterocycles. The molecule has 1 aromatic rings. The van der Waals surface area contributed by atoms with Crippen molar-refractivity contribution in [1.82, 2.24) is 0 Å². The maximum Gasteiger partial charge on any atom is 0.252 e. The van der Waals surface area contributed by atoms with E-state index in [-0.39, 0.29) is 41.2 Å². The Morgan fingerprint density at radius 3 is 2.18 bits per heavy atom. The fourth-order valence-electron chi connectivity index (χ4n) is 8.35. The standard InChI is InChI=1S/C29H38ClNO8/c1-11(2)17-21(34)16(25(31)38)22(35)29(39)23(36)18-20(33)15-13(9-27(18,6)10-28(17,29)7)12(24(30)37)8-14(19(15)32)26(3,4)5/h8,11,16-18,21,23,32,34,36,39H,9-10H2,1-7H3,(H2,31,38)/t16-,17+,18-,21?,23?,27-,28-,29+/m1/s1. The Bertz CT molecular complexity index is 1300. The number of Topliss-reactive ketones (excluding diaryl/α,β-unsaturated/α-hetero) is 2. The number of rotatable bonds is 3. The summed E-state index contributed by atoms with van der Waals surface area (Å²) < 4.78 is 0. The summed E-state index contributed by atoms with van der Waals surface area (Å²) in [5.41, 5.74) is 0.0579. The van der Waals surface area contributed by atoms with Gasteiger partial charge in [-0.3, -0.25) is 19.2 Å². The van der Waals surface area contributed by atoms with Crippen LogP contribution in [-0.4, -0.2) is 61.0 Å². The number of carbonyl (C=O) groups is 4. The van der Waals surface area contributed by atoms with Gasteiger partial charge in [-0.15, -0.1) is 0 Å². The zero-order valence-electron chi connectivity index (χ0n) is 23.3. The number of aliphatic hydroxyl groups is 3. The van der Waals surface area contributed by atoms with E-state index in [9.17, 15) is 39.6 Å². The van der Waals surface area contributed by atoms with Crippen LogP contribution in [0.5, 0.6) is 5.75 Å². The first kappa shape index (κ1) is 29.6. The molecule has 1 amide bonds. The van der Waals surface area contributed by atoms with Gasteiger partial charge in [0.2, 0.25) is 5.91 Å². The second-order valence-electron chi connectivity index (χ2n) is 13.7. The van der Waals surface area contributed by atoms with Crippen LogP contribution in [0.1, 0.15) is 86.7 Å². The van der Waals surface area contributed by atoms with Crippen molar-refractivity contribution in [3.8, 4) is 5.75 Å². The van der Waals surface area contributed by atoms with Crippen molar-refractivity contribution in [3.63, 3.8) is 0 Å². The van der Waals surface area contributed by atoms with Crippen LogP contribution >= 0.6 is 11.6 Å². The molecule has 10 heteroatoms. The Hall–Kier alpha value is -2.33. The molecule has 2 fully saturated rings. The van der Waals surface area contributed by atoms with Gasteiger partial charge in [0.1, 0.15) is 17.8 Å². The summed E-state index contributed by atoms with van der Waals surface area (Å²) in [6.07, 6.45) is -3.49. The van der Waals surface area contributed by atoms with E-state index in [4.69, 9.17) is 17.3 Å². The third-order valence-corrected chi connectivity index (χ3v) is 10.0. The third-order valence-electron chi connectivity index (χ3n) is 9.80. The van der Waals surface area contributed by atoms with Crippen molar-refractivity contribution in [2.24, 2.45) is 40.2 Å². The first-order chi connectivity index (χ1) is 17.7. The van der Waals surface area contributed by atoms with Gasteiger partial charge in [0, 0.05) is 16.5 Å². The predicted octanol–water partition coefficient (Wildman–Crippen LogP) is 2.25. The van der Waals surface area contributed by atoms with Gasteiger partial charge in [-0.1, -0.05) is 48.5 Å². The Kier molecular flexibility index (Phi) is 6.72. The summed E-state index contributed by atoms with van der Waals surface area (Å²) in [7, 11) is 0. The number of benzene rings is 1. The number of primary amides is 1. The van der Waals surface area contributed by atoms with Gasteiger partial charge in [-0.2, -0.15) is 0 Å². The maximum absolute atomic E-state index is 14.2. The zero-order valence-corrected chi connectivity index (χ0v) is 24.1. The van der Waals surface area contributed by atoms with Crippen molar-refractivity contribution in [3.05, 3.63) is 28.3 Å². The van der Waals surface area contributed by atoms with Crippen molar-refractivity contribution in [1.29, 1.82) is 0 Å². The molecule has 2 unspecified atom stereocenters. The van der Waals surface area contributed by atoms with Gasteiger partial charge in [0.15, 0.2) is 17.2 Å². The second kappa shape index (κ2) is 8.83. The molecule has 1 aromatic carbocycles. The number of aromatic hydroxyl groups is 1. The van der Waals surface area contributed by atoms with Crippen molar-refractivity contribution < 1.29 is 39.6 Å². The van der Waals surface area contributed by atoms with Gasteiger partial charge in [-0.05, 0) is 58.7 Å². The topological polar surface area (TPSA) is 175 Å². The molecule has 8 atom stereocenters. The second-order valence-corrected chi connectivity index (χ2v) is 14.0. The van der Waals surface area contributed by atoms with E-state index in [0.717, 1.165) is 0 Å². The summed E-state index contributed by atoms with van der Waals surface area (Å²) in [4.78, 5) is 52.9. The van der Waals surface area contributed by atoms with E-state index in [1.807, 2.05) is 0 Å². The van der Waals surface area contributed by atoms with Crippen LogP contribution in [0.4, 0.5) is 0 Å². The normalized spacial score (nSPS) is 38.2. The average Bonchev–Trinajstić information content (AvgIpc) is 2.74. The molecule has 0 aliphatic heterocycles. The number of nitrogens with two attached hydrogens (primary N) is 1. The van der Waals surface area contributed by atoms with E-state index in [2.05, 4.69) is 0 Å². The largest absolute Gasteiger partial charge is 0.507 e. The molecule has 3 aliphatic rings. The number of hydrogen-bond donors (Lipinski definition) is 5. The number of aliphatic hydroxyl groups excluding tert-OH is 2. The number of phenolic OH excluding ortho intramolecular Hbond substituents is 1. The minimum atomic E-state index is -2.60. The van der Waals surface area contributed by atoms with Crippen LogP contribution < -0.4 is 5.73 Å². The van der Waals surface area contributed by atoms with Crippen molar-refractivity contribution in [2.75, 3.05) is 0 Å². The molecule has 0 heterocycles. The molecule has 0 spiro atoms. The Labute approximate surface area is 232 Å². The number of halogens is 1. The fourth-order valence-corrected chi connectivity index (χ4v) is 8.52. The summed E-state index contributed by atoms with van der Waals surface area (Å²) >= 11 is 5.98. The molecule has 2 saturated carbocycles. The molecule has 3 aliphatic carbocycles. The van der Waals surface area contributed by atoms with Crippen LogP contribution in [0.15, 0.2) is 6.07 Å². The first-order valence-corrected chi connectivity index (χ1v) is 13.6. The van der Waals surface area contributed by atoms with Crippen LogP contribution in [0.3, 0.4) is 0 Å². The maximum atomic E-state index is 14.2. The summed E-state index contributed by atoms with van der Waals surface area (Å²) in [6, 6.07) is 1.49. The number of ketones is 2. The average molecular weight is 564 g/mol. The number of hydrogen-bond acceptors (Lipinski definition) is 8. The highest BCUT2D eigenvalue weighted by molar-refractivity contribution is 6.68. The quantitative estimate of drug-likeness (QED) is 0.275. The smallest absolute Gasteiger partial charge is 0.252 e. The molecule has 9 nitrogen and oxygen atoms in total. The monoisotopic (exact) mass is 563 g/mol. The van der Waals surface area contributed by atoms with E-state index < -0.39 is 74.5 Å². The van der Waals surface area contributed by atoms with Crippen LogP contribution in [-0.2, 0) is 21.4 Å². The lowest BCUT2D eigenvalue weighted by molar-refractivity contribution is -0.265. The van der Waals surface area contributed by atoms with Crippen molar-refractivity contribution >= 4 is 34.3 Å². The number of fused-ring (bicyclic) bond motifs is 3. The highest BCUT2D eigenvalue weighted by Crippen LogP contribution is 2.66.